The van der Waals surface area contributed by atoms with Crippen LogP contribution >= 0.6 is 0 Å². The number of hydrogen-bond donors (Lipinski definition) is 2. The van der Waals surface area contributed by atoms with Gasteiger partial charge in [0.25, 0.3) is 5.69 Å². The van der Waals surface area contributed by atoms with Crippen LogP contribution in [0.5, 0.6) is 0 Å². The Kier molecular flexibility index (Phi) is 2.95. The van der Waals surface area contributed by atoms with E-state index in [2.05, 4.69) is 10.6 Å². The van der Waals surface area contributed by atoms with Gasteiger partial charge >= 0.3 is 0 Å². The van der Waals surface area contributed by atoms with Crippen molar-refractivity contribution in [3.05, 3.63) is 27.8 Å². The summed E-state index contributed by atoms with van der Waals surface area (Å²) in [6, 6.07) is 3.34. The van der Waals surface area contributed by atoms with E-state index in [1.54, 1.807) is 12.1 Å². The van der Waals surface area contributed by atoms with Gasteiger partial charge in [-0.2, -0.15) is 0 Å². The first-order chi connectivity index (χ1) is 8.09. The molecule has 0 saturated carbocycles. The number of fused-ring (bicyclic) bond motifs is 1. The second-order valence-corrected chi connectivity index (χ2v) is 3.96. The van der Waals surface area contributed by atoms with Crippen molar-refractivity contribution in [2.75, 3.05) is 17.2 Å². The molecule has 1 aliphatic heterocycles. The maximum Gasteiger partial charge on any atom is 0.297 e. The molecule has 2 rings (SSSR count). The van der Waals surface area contributed by atoms with Crippen LogP contribution in [0.25, 0.3) is 0 Å². The van der Waals surface area contributed by atoms with Crippen LogP contribution in [-0.2, 0) is 11.2 Å². The fourth-order valence-corrected chi connectivity index (χ4v) is 2.04. The topological polar surface area (TPSA) is 84.3 Å². The average Bonchev–Trinajstić information content (AvgIpc) is 2.27. The van der Waals surface area contributed by atoms with Crippen molar-refractivity contribution in [2.45, 2.75) is 19.8 Å². The van der Waals surface area contributed by atoms with Crippen LogP contribution in [0.4, 0.5) is 17.1 Å². The van der Waals surface area contributed by atoms with E-state index in [4.69, 9.17) is 0 Å². The van der Waals surface area contributed by atoms with E-state index >= 15 is 0 Å². The minimum Gasteiger partial charge on any atom is -0.385 e. The van der Waals surface area contributed by atoms with Crippen LogP contribution in [0, 0.1) is 10.1 Å². The van der Waals surface area contributed by atoms with Gasteiger partial charge < -0.3 is 10.6 Å². The van der Waals surface area contributed by atoms with Gasteiger partial charge in [0.1, 0.15) is 5.69 Å². The van der Waals surface area contributed by atoms with Crippen LogP contribution in [0.3, 0.4) is 0 Å². The number of carbonyl (C=O) groups is 1. The Labute approximate surface area is 98.2 Å². The summed E-state index contributed by atoms with van der Waals surface area (Å²) in [5.41, 5.74) is 1.74. The minimum absolute atomic E-state index is 0.00454. The number of nitrogens with one attached hydrogen (secondary N) is 2. The summed E-state index contributed by atoms with van der Waals surface area (Å²) in [5, 5.41) is 16.7. The van der Waals surface area contributed by atoms with Gasteiger partial charge in [0.2, 0.25) is 5.91 Å². The van der Waals surface area contributed by atoms with Crippen molar-refractivity contribution in [2.24, 2.45) is 0 Å². The Balaban J connectivity index is 2.53. The molecule has 17 heavy (non-hydrogen) atoms. The van der Waals surface area contributed by atoms with Gasteiger partial charge in [0.05, 0.1) is 10.5 Å². The lowest BCUT2D eigenvalue weighted by atomic mass is 10.0. The third-order valence-electron chi connectivity index (χ3n) is 2.70. The Morgan fingerprint density at radius 3 is 2.94 bits per heavy atom. The minimum atomic E-state index is -0.433. The normalized spacial score (nSPS) is 13.5. The second kappa shape index (κ2) is 4.40. The van der Waals surface area contributed by atoms with Gasteiger partial charge in [-0.3, -0.25) is 14.9 Å². The van der Waals surface area contributed by atoms with Crippen molar-refractivity contribution in [3.63, 3.8) is 0 Å². The molecule has 0 unspecified atom stereocenters. The highest BCUT2D eigenvalue weighted by molar-refractivity contribution is 5.92. The van der Waals surface area contributed by atoms with Gasteiger partial charge in [-0.25, -0.2) is 0 Å². The maximum absolute atomic E-state index is 11.1. The molecule has 1 heterocycles. The van der Waals surface area contributed by atoms with Crippen molar-refractivity contribution < 1.29 is 9.72 Å². The zero-order valence-corrected chi connectivity index (χ0v) is 9.45. The molecule has 1 aromatic carbocycles. The highest BCUT2D eigenvalue weighted by Crippen LogP contribution is 2.36. The predicted molar refractivity (Wildman–Crippen MR) is 64.2 cm³/mol. The molecular formula is C11H13N3O3. The first-order valence-electron chi connectivity index (χ1n) is 5.41. The summed E-state index contributed by atoms with van der Waals surface area (Å²) in [6.07, 6.45) is 1.52. The number of nitro benzene ring substituents is 1. The van der Waals surface area contributed by atoms with Crippen LogP contribution < -0.4 is 10.6 Å². The molecular weight excluding hydrogens is 222 g/mol. The molecule has 6 nitrogen and oxygen atoms in total. The number of nitro groups is 1. The van der Waals surface area contributed by atoms with Crippen molar-refractivity contribution in [1.29, 1.82) is 0 Å². The largest absolute Gasteiger partial charge is 0.385 e. The van der Waals surface area contributed by atoms with E-state index < -0.39 is 4.92 Å². The molecule has 1 aliphatic rings. The Bertz CT molecular complexity index is 485. The van der Waals surface area contributed by atoms with E-state index in [1.807, 2.05) is 0 Å². The third kappa shape index (κ3) is 2.20. The highest BCUT2D eigenvalue weighted by atomic mass is 16.6. The van der Waals surface area contributed by atoms with E-state index in [1.165, 1.54) is 6.92 Å². The molecule has 2 N–H and O–H groups in total. The Morgan fingerprint density at radius 1 is 1.53 bits per heavy atom. The van der Waals surface area contributed by atoms with Crippen LogP contribution in [0.1, 0.15) is 18.9 Å². The fraction of sp³-hybridized carbons (Fsp3) is 0.364. The van der Waals surface area contributed by atoms with Crippen molar-refractivity contribution in [3.8, 4) is 0 Å². The highest BCUT2D eigenvalue weighted by Gasteiger charge is 2.25. The van der Waals surface area contributed by atoms with E-state index in [9.17, 15) is 14.9 Å². The standard InChI is InChI=1S/C11H13N3O3/c1-7(15)13-10-5-4-9-8(3-2-6-12-9)11(10)14(16)17/h4-5,12H,2-3,6H2,1H3,(H,13,15). The van der Waals surface area contributed by atoms with Crippen LogP contribution in [-0.4, -0.2) is 17.4 Å². The van der Waals surface area contributed by atoms with E-state index in [0.29, 0.717) is 12.0 Å². The second-order valence-electron chi connectivity index (χ2n) is 3.96. The lowest BCUT2D eigenvalue weighted by Gasteiger charge is -2.19. The van der Waals surface area contributed by atoms with Crippen molar-refractivity contribution >= 4 is 23.0 Å². The molecule has 0 aromatic heterocycles. The summed E-state index contributed by atoms with van der Waals surface area (Å²) in [7, 11) is 0. The number of amides is 1. The molecule has 0 saturated heterocycles. The van der Waals surface area contributed by atoms with Crippen LogP contribution in [0.2, 0.25) is 0 Å². The SMILES string of the molecule is CC(=O)Nc1ccc2c(c1[N+](=O)[O-])CCCN2. The Morgan fingerprint density at radius 2 is 2.29 bits per heavy atom. The van der Waals surface area contributed by atoms with Crippen LogP contribution in [0.15, 0.2) is 12.1 Å². The molecule has 0 fully saturated rings. The van der Waals surface area contributed by atoms with E-state index in [0.717, 1.165) is 18.7 Å². The van der Waals surface area contributed by atoms with Gasteiger partial charge in [-0.1, -0.05) is 0 Å². The third-order valence-corrected chi connectivity index (χ3v) is 2.70. The molecule has 0 spiro atoms. The quantitative estimate of drug-likeness (QED) is 0.605. The number of carbonyl (C=O) groups excluding carboxylic acids is 1. The molecule has 0 bridgehead atoms. The maximum atomic E-state index is 11.1. The summed E-state index contributed by atoms with van der Waals surface area (Å²) in [5.74, 6) is -0.309. The van der Waals surface area contributed by atoms with Gasteiger partial charge in [-0.15, -0.1) is 0 Å². The number of anilines is 2. The average molecular weight is 235 g/mol. The number of rotatable bonds is 2. The first-order valence-corrected chi connectivity index (χ1v) is 5.41. The Hall–Kier alpha value is -2.11. The molecule has 0 radical (unpaired) electrons. The molecule has 90 valence electrons. The van der Waals surface area contributed by atoms with Gasteiger partial charge in [-0.05, 0) is 25.0 Å². The van der Waals surface area contributed by atoms with Gasteiger partial charge in [0, 0.05) is 19.2 Å². The van der Waals surface area contributed by atoms with Gasteiger partial charge in [0.15, 0.2) is 0 Å². The zero-order chi connectivity index (χ0) is 12.4. The zero-order valence-electron chi connectivity index (χ0n) is 9.45. The molecule has 1 aromatic rings. The molecule has 0 atom stereocenters. The summed E-state index contributed by atoms with van der Waals surface area (Å²) < 4.78 is 0. The summed E-state index contributed by atoms with van der Waals surface area (Å²) in [4.78, 5) is 21.7. The molecule has 1 amide bonds. The molecule has 6 heteroatoms. The predicted octanol–water partition coefficient (Wildman–Crippen LogP) is 1.91. The molecule has 0 aliphatic carbocycles. The van der Waals surface area contributed by atoms with E-state index in [-0.39, 0.29) is 17.3 Å². The fourth-order valence-electron chi connectivity index (χ4n) is 2.04. The number of benzene rings is 1. The summed E-state index contributed by atoms with van der Waals surface area (Å²) in [6.45, 7) is 2.16. The number of nitrogens with zero attached hydrogens (tertiary/aromatic N) is 1. The smallest absolute Gasteiger partial charge is 0.297 e. The first kappa shape index (κ1) is 11.4. The number of hydrogen-bond acceptors (Lipinski definition) is 4. The lowest BCUT2D eigenvalue weighted by molar-refractivity contribution is -0.384. The lowest BCUT2D eigenvalue weighted by Crippen LogP contribution is -2.15. The monoisotopic (exact) mass is 235 g/mol. The van der Waals surface area contributed by atoms with Crippen molar-refractivity contribution in [1.82, 2.24) is 0 Å². The summed E-state index contributed by atoms with van der Waals surface area (Å²) >= 11 is 0.